The van der Waals surface area contributed by atoms with Gasteiger partial charge in [0.05, 0.1) is 60.4 Å². The van der Waals surface area contributed by atoms with Gasteiger partial charge in [-0.15, -0.1) is 0 Å². The quantitative estimate of drug-likeness (QED) is 0.272. The van der Waals surface area contributed by atoms with Crippen LogP contribution >= 0.6 is 0 Å². The lowest BCUT2D eigenvalue weighted by atomic mass is 9.73. The first-order chi connectivity index (χ1) is 22.0. The molecule has 0 aromatic heterocycles. The number of rotatable bonds is 10. The van der Waals surface area contributed by atoms with Gasteiger partial charge in [-0.2, -0.15) is 0 Å². The Balaban J connectivity index is 1.29. The molecule has 0 saturated carbocycles. The molecule has 0 radical (unpaired) electrons. The molecule has 5 heterocycles. The van der Waals surface area contributed by atoms with Gasteiger partial charge in [-0.05, 0) is 64.2 Å². The van der Waals surface area contributed by atoms with Crippen molar-refractivity contribution in [2.75, 3.05) is 13.7 Å². The van der Waals surface area contributed by atoms with Crippen LogP contribution in [-0.4, -0.2) is 94.4 Å². The number of hydrogen-bond donors (Lipinski definition) is 3. The lowest BCUT2D eigenvalue weighted by Crippen LogP contribution is -2.57. The maximum Gasteiger partial charge on any atom is 0.308 e. The Bertz CT molecular complexity index is 1110. The van der Waals surface area contributed by atoms with E-state index in [4.69, 9.17) is 28.4 Å². The molecule has 5 saturated heterocycles. The van der Waals surface area contributed by atoms with Gasteiger partial charge in [-0.3, -0.25) is 4.79 Å². The van der Waals surface area contributed by atoms with Gasteiger partial charge >= 0.3 is 5.97 Å². The molecule has 5 aliphatic rings. The third kappa shape index (κ3) is 6.57. The second-order valence-electron chi connectivity index (χ2n) is 16.5. The molecule has 5 rings (SSSR count). The number of aliphatic carboxylic acids is 1. The maximum absolute atomic E-state index is 11.8. The van der Waals surface area contributed by atoms with Crippen LogP contribution in [0.25, 0.3) is 0 Å². The van der Waals surface area contributed by atoms with Crippen LogP contribution in [0.1, 0.15) is 114 Å². The molecular formula is C37H64O10. The zero-order valence-corrected chi connectivity index (χ0v) is 30.6. The number of methoxy groups -OCH3 is 1. The van der Waals surface area contributed by atoms with E-state index in [1.54, 1.807) is 6.92 Å². The number of ether oxygens (including phenoxy) is 6. The van der Waals surface area contributed by atoms with Crippen LogP contribution in [0.2, 0.25) is 0 Å². The summed E-state index contributed by atoms with van der Waals surface area (Å²) in [4.78, 5) is 11.8. The minimum Gasteiger partial charge on any atom is -0.481 e. The van der Waals surface area contributed by atoms with Crippen LogP contribution < -0.4 is 0 Å². The van der Waals surface area contributed by atoms with Gasteiger partial charge in [0.1, 0.15) is 0 Å². The first kappa shape index (κ1) is 37.4. The zero-order chi connectivity index (χ0) is 34.7. The smallest absolute Gasteiger partial charge is 0.308 e. The first-order valence-corrected chi connectivity index (χ1v) is 18.5. The predicted molar refractivity (Wildman–Crippen MR) is 175 cm³/mol. The topological polar surface area (TPSA) is 133 Å². The highest BCUT2D eigenvalue weighted by atomic mass is 16.7. The highest BCUT2D eigenvalue weighted by Gasteiger charge is 2.62. The lowest BCUT2D eigenvalue weighted by Gasteiger charge is -2.49. The minimum atomic E-state index is -1.10. The van der Waals surface area contributed by atoms with E-state index in [-0.39, 0.29) is 47.9 Å². The van der Waals surface area contributed by atoms with Crippen LogP contribution in [0.4, 0.5) is 0 Å². The summed E-state index contributed by atoms with van der Waals surface area (Å²) in [6.07, 6.45) is 3.73. The van der Waals surface area contributed by atoms with Gasteiger partial charge in [0, 0.05) is 43.6 Å². The second-order valence-corrected chi connectivity index (χ2v) is 16.5. The van der Waals surface area contributed by atoms with E-state index in [1.807, 2.05) is 20.8 Å². The highest BCUT2D eigenvalue weighted by Crippen LogP contribution is 2.55. The summed E-state index contributed by atoms with van der Waals surface area (Å²) in [6.45, 7) is 19.0. The minimum absolute atomic E-state index is 0.0680. The third-order valence-corrected chi connectivity index (χ3v) is 13.6. The Morgan fingerprint density at radius 3 is 2.32 bits per heavy atom. The second kappa shape index (κ2) is 13.7. The standard InChI is InChI=1S/C37H64O10/c1-11-35(32-22(5)26(19-43-32)29-20(3)17-21(4)37(41,12-2)46-29)14-13-28(44-35)34(9)15-16-36(47-34)18-27(38)23(6)31(45-36)24(7)30(42-10)25(8)33(39)40/h20-32,38,41H,11-19H2,1-10H3,(H,39,40)/t20-,21-,22+,23-,24+,25+,26?,27+,28-,29+,30-,31+,32-,34+,35+,36-,37?/m1/s1. The molecule has 10 nitrogen and oxygen atoms in total. The Labute approximate surface area is 282 Å². The van der Waals surface area contributed by atoms with Crippen LogP contribution in [0.3, 0.4) is 0 Å². The molecule has 47 heavy (non-hydrogen) atoms. The fourth-order valence-corrected chi connectivity index (χ4v) is 10.3. The van der Waals surface area contributed by atoms with E-state index in [1.165, 1.54) is 7.11 Å². The Morgan fingerprint density at radius 1 is 1.00 bits per heavy atom. The SMILES string of the molecule is CCC1(O)O[C@H](C2CO[C@@H]([C@]3(CC)CC[C@H]([C@]4(C)CC[C@]5(C[C@H](O)[C@@H](C)[C@@H]([C@@H](C)[C@@H](OC)[C@H](C)C(=O)O)O5)O4)O3)[C@H]2C)[C@H](C)C[C@H]1C. The summed E-state index contributed by atoms with van der Waals surface area (Å²) in [5.74, 6) is -3.42. The van der Waals surface area contributed by atoms with Crippen LogP contribution in [0, 0.1) is 41.4 Å². The Hall–Kier alpha value is -0.850. The molecule has 2 unspecified atom stereocenters. The average Bonchev–Trinajstić information content (AvgIpc) is 3.73. The summed E-state index contributed by atoms with van der Waals surface area (Å²) < 4.78 is 39.6. The predicted octanol–water partition coefficient (Wildman–Crippen LogP) is 5.55. The van der Waals surface area contributed by atoms with Crippen molar-refractivity contribution in [3.63, 3.8) is 0 Å². The summed E-state index contributed by atoms with van der Waals surface area (Å²) >= 11 is 0. The zero-order valence-electron chi connectivity index (χ0n) is 30.6. The monoisotopic (exact) mass is 668 g/mol. The van der Waals surface area contributed by atoms with Crippen molar-refractivity contribution in [2.45, 2.75) is 173 Å². The molecule has 0 bridgehead atoms. The molecule has 0 aromatic rings. The summed E-state index contributed by atoms with van der Waals surface area (Å²) in [5, 5.41) is 32.2. The normalized spacial score (nSPS) is 50.9. The molecular weight excluding hydrogens is 604 g/mol. The van der Waals surface area contributed by atoms with Crippen molar-refractivity contribution < 1.29 is 48.5 Å². The highest BCUT2D eigenvalue weighted by molar-refractivity contribution is 5.70. The number of aliphatic hydroxyl groups excluding tert-OH is 1. The van der Waals surface area contributed by atoms with E-state index in [2.05, 4.69) is 34.6 Å². The van der Waals surface area contributed by atoms with Crippen LogP contribution in [0.15, 0.2) is 0 Å². The average molecular weight is 669 g/mol. The van der Waals surface area contributed by atoms with Crippen molar-refractivity contribution in [3.8, 4) is 0 Å². The fraction of sp³-hybridized carbons (Fsp3) is 0.973. The number of carboxylic acids is 1. The van der Waals surface area contributed by atoms with Crippen LogP contribution in [-0.2, 0) is 33.2 Å². The largest absolute Gasteiger partial charge is 0.481 e. The lowest BCUT2D eigenvalue weighted by molar-refractivity contribution is -0.335. The van der Waals surface area contributed by atoms with E-state index in [0.29, 0.717) is 31.8 Å². The maximum atomic E-state index is 11.8. The van der Waals surface area contributed by atoms with E-state index in [9.17, 15) is 20.1 Å². The molecule has 0 amide bonds. The van der Waals surface area contributed by atoms with Crippen molar-refractivity contribution in [1.82, 2.24) is 0 Å². The molecule has 10 heteroatoms. The van der Waals surface area contributed by atoms with Gasteiger partial charge in [-0.25, -0.2) is 0 Å². The van der Waals surface area contributed by atoms with Crippen molar-refractivity contribution >= 4 is 5.97 Å². The first-order valence-electron chi connectivity index (χ1n) is 18.5. The number of hydrogen-bond acceptors (Lipinski definition) is 9. The summed E-state index contributed by atoms with van der Waals surface area (Å²) in [5.41, 5.74) is -1.07. The summed E-state index contributed by atoms with van der Waals surface area (Å²) in [6, 6.07) is 0. The molecule has 5 aliphatic heterocycles. The Kier molecular flexibility index (Phi) is 10.9. The van der Waals surface area contributed by atoms with Crippen molar-refractivity contribution in [3.05, 3.63) is 0 Å². The number of carboxylic acid groups (broad SMARTS) is 1. The molecule has 272 valence electrons. The van der Waals surface area contributed by atoms with Gasteiger partial charge in [0.2, 0.25) is 0 Å². The fourth-order valence-electron chi connectivity index (χ4n) is 10.3. The molecule has 0 aliphatic carbocycles. The van der Waals surface area contributed by atoms with E-state index < -0.39 is 53.0 Å². The van der Waals surface area contributed by atoms with Gasteiger partial charge in [-0.1, -0.05) is 48.5 Å². The number of aliphatic hydroxyl groups is 2. The van der Waals surface area contributed by atoms with E-state index >= 15 is 0 Å². The van der Waals surface area contributed by atoms with Gasteiger partial charge in [0.25, 0.3) is 0 Å². The van der Waals surface area contributed by atoms with Crippen molar-refractivity contribution in [2.24, 2.45) is 41.4 Å². The van der Waals surface area contributed by atoms with Crippen LogP contribution in [0.5, 0.6) is 0 Å². The van der Waals surface area contributed by atoms with Crippen molar-refractivity contribution in [1.29, 1.82) is 0 Å². The molecule has 3 N–H and O–H groups in total. The van der Waals surface area contributed by atoms with Gasteiger partial charge in [0.15, 0.2) is 11.6 Å². The van der Waals surface area contributed by atoms with E-state index in [0.717, 1.165) is 32.1 Å². The molecule has 5 fully saturated rings. The summed E-state index contributed by atoms with van der Waals surface area (Å²) in [7, 11) is 1.53. The molecule has 1 spiro atoms. The molecule has 0 aromatic carbocycles. The Morgan fingerprint density at radius 2 is 1.70 bits per heavy atom. The number of carbonyl (C=O) groups is 1. The van der Waals surface area contributed by atoms with Gasteiger partial charge < -0.3 is 43.7 Å². The third-order valence-electron chi connectivity index (χ3n) is 13.6. The molecule has 17 atom stereocenters.